The van der Waals surface area contributed by atoms with E-state index in [2.05, 4.69) is 5.16 Å². The van der Waals surface area contributed by atoms with Gasteiger partial charge in [-0.25, -0.2) is 0 Å². The Morgan fingerprint density at radius 2 is 2.00 bits per heavy atom. The molecule has 0 saturated heterocycles. The number of hydrogen-bond donors (Lipinski definition) is 1. The minimum absolute atomic E-state index is 0.243. The van der Waals surface area contributed by atoms with Crippen molar-refractivity contribution in [2.24, 2.45) is 0 Å². The summed E-state index contributed by atoms with van der Waals surface area (Å²) in [7, 11) is 3.13. The first kappa shape index (κ1) is 13.1. The van der Waals surface area contributed by atoms with Crippen LogP contribution in [0.1, 0.15) is 6.92 Å². The van der Waals surface area contributed by atoms with Gasteiger partial charge in [-0.2, -0.15) is 0 Å². The smallest absolute Gasteiger partial charge is 0.222 e. The predicted molar refractivity (Wildman–Crippen MR) is 70.6 cm³/mol. The largest absolute Gasteiger partial charge is 0.493 e. The molecule has 6 heteroatoms. The molecular weight excluding hydrogens is 248 g/mol. The molecule has 0 spiro atoms. The molecule has 2 rings (SSSR count). The fraction of sp³-hybridized carbons (Fsp3) is 0.308. The van der Waals surface area contributed by atoms with Gasteiger partial charge in [-0.1, -0.05) is 5.16 Å². The molecule has 0 saturated carbocycles. The van der Waals surface area contributed by atoms with E-state index in [1.165, 1.54) is 0 Å². The Bertz CT molecular complexity index is 566. The number of methoxy groups -OCH3 is 2. The third kappa shape index (κ3) is 2.42. The maximum absolute atomic E-state index is 5.64. The van der Waals surface area contributed by atoms with Crippen LogP contribution in [0, 0.1) is 0 Å². The quantitative estimate of drug-likeness (QED) is 0.892. The number of anilines is 1. The van der Waals surface area contributed by atoms with Crippen molar-refractivity contribution in [1.29, 1.82) is 0 Å². The lowest BCUT2D eigenvalue weighted by Gasteiger charge is -2.15. The summed E-state index contributed by atoms with van der Waals surface area (Å²) in [6.45, 7) is 2.38. The lowest BCUT2D eigenvalue weighted by molar-refractivity contribution is 0.297. The maximum atomic E-state index is 5.64. The van der Waals surface area contributed by atoms with Crippen molar-refractivity contribution in [3.05, 3.63) is 18.2 Å². The van der Waals surface area contributed by atoms with E-state index in [1.54, 1.807) is 26.4 Å². The van der Waals surface area contributed by atoms with Crippen LogP contribution in [0.15, 0.2) is 22.7 Å². The second-order valence-electron chi connectivity index (χ2n) is 3.73. The Morgan fingerprint density at radius 1 is 1.21 bits per heavy atom. The van der Waals surface area contributed by atoms with Crippen LogP contribution in [0.5, 0.6) is 17.2 Å². The Balaban J connectivity index is 2.60. The summed E-state index contributed by atoms with van der Waals surface area (Å²) in [5, 5.41) is 3.88. The van der Waals surface area contributed by atoms with E-state index >= 15 is 0 Å². The molecule has 0 aliphatic carbocycles. The summed E-state index contributed by atoms with van der Waals surface area (Å²) in [6, 6.07) is 5.23. The minimum atomic E-state index is 0.243. The van der Waals surface area contributed by atoms with Gasteiger partial charge < -0.3 is 24.5 Å². The van der Waals surface area contributed by atoms with Crippen LogP contribution >= 0.6 is 0 Å². The maximum Gasteiger partial charge on any atom is 0.222 e. The highest BCUT2D eigenvalue weighted by molar-refractivity contribution is 5.74. The van der Waals surface area contributed by atoms with Crippen LogP contribution < -0.4 is 19.9 Å². The van der Waals surface area contributed by atoms with Crippen molar-refractivity contribution in [2.45, 2.75) is 6.92 Å². The summed E-state index contributed by atoms with van der Waals surface area (Å²) < 4.78 is 21.1. The predicted octanol–water partition coefficient (Wildman–Crippen LogP) is 2.34. The van der Waals surface area contributed by atoms with E-state index in [1.807, 2.05) is 13.0 Å². The summed E-state index contributed by atoms with van der Waals surface area (Å²) >= 11 is 0. The van der Waals surface area contributed by atoms with Crippen LogP contribution in [0.4, 0.5) is 5.88 Å². The average molecular weight is 264 g/mol. The first-order valence-corrected chi connectivity index (χ1v) is 5.81. The first-order chi connectivity index (χ1) is 9.21. The van der Waals surface area contributed by atoms with Gasteiger partial charge in [0.25, 0.3) is 0 Å². The fourth-order valence-corrected chi connectivity index (χ4v) is 1.80. The zero-order chi connectivity index (χ0) is 13.8. The second kappa shape index (κ2) is 5.51. The Hall–Kier alpha value is -2.37. The normalized spacial score (nSPS) is 10.3. The van der Waals surface area contributed by atoms with Gasteiger partial charge in [0, 0.05) is 6.07 Å². The van der Waals surface area contributed by atoms with E-state index in [-0.39, 0.29) is 5.88 Å². The third-order valence-corrected chi connectivity index (χ3v) is 2.59. The van der Waals surface area contributed by atoms with Gasteiger partial charge in [0.1, 0.15) is 5.69 Å². The number of nitrogens with zero attached hydrogens (tertiary/aromatic N) is 1. The summed E-state index contributed by atoms with van der Waals surface area (Å²) in [4.78, 5) is 0. The molecule has 0 fully saturated rings. The average Bonchev–Trinajstić information content (AvgIpc) is 2.85. The Labute approximate surface area is 111 Å². The third-order valence-electron chi connectivity index (χ3n) is 2.59. The molecule has 0 amide bonds. The molecule has 0 bridgehead atoms. The molecular formula is C13H16N2O4. The lowest BCUT2D eigenvalue weighted by Crippen LogP contribution is -2.00. The number of benzene rings is 1. The number of aromatic nitrogens is 1. The summed E-state index contributed by atoms with van der Waals surface area (Å²) in [5.41, 5.74) is 6.86. The lowest BCUT2D eigenvalue weighted by atomic mass is 10.1. The molecule has 0 unspecified atom stereocenters. The molecule has 2 N–H and O–H groups in total. The Kier molecular flexibility index (Phi) is 3.79. The van der Waals surface area contributed by atoms with Crippen LogP contribution in [0.2, 0.25) is 0 Å². The molecule has 19 heavy (non-hydrogen) atoms. The van der Waals surface area contributed by atoms with E-state index in [0.717, 1.165) is 5.56 Å². The molecule has 6 nitrogen and oxygen atoms in total. The Morgan fingerprint density at radius 3 is 2.53 bits per heavy atom. The highest BCUT2D eigenvalue weighted by atomic mass is 16.5. The van der Waals surface area contributed by atoms with Gasteiger partial charge in [-0.05, 0) is 19.1 Å². The number of rotatable bonds is 5. The summed E-state index contributed by atoms with van der Waals surface area (Å²) in [6.07, 6.45) is 0. The topological polar surface area (TPSA) is 79.7 Å². The molecule has 0 atom stereocenters. The summed E-state index contributed by atoms with van der Waals surface area (Å²) in [5.74, 6) is 1.90. The fourth-order valence-electron chi connectivity index (χ4n) is 1.80. The van der Waals surface area contributed by atoms with E-state index in [4.69, 9.17) is 24.5 Å². The molecule has 0 radical (unpaired) electrons. The van der Waals surface area contributed by atoms with E-state index in [0.29, 0.717) is 29.5 Å². The number of ether oxygens (including phenoxy) is 3. The zero-order valence-electron chi connectivity index (χ0n) is 11.1. The van der Waals surface area contributed by atoms with Crippen molar-refractivity contribution in [2.75, 3.05) is 26.6 Å². The van der Waals surface area contributed by atoms with Gasteiger partial charge in [0.15, 0.2) is 11.5 Å². The van der Waals surface area contributed by atoms with Crippen LogP contribution in [-0.4, -0.2) is 26.0 Å². The standard InChI is InChI=1S/C13H16N2O4/c1-4-18-12-8(9-7-11(14)19-15-9)5-6-10(16-2)13(12)17-3/h5-7H,4,14H2,1-3H3. The highest BCUT2D eigenvalue weighted by Gasteiger charge is 2.19. The molecule has 1 aromatic carbocycles. The molecule has 2 aromatic rings. The van der Waals surface area contributed by atoms with Crippen LogP contribution in [-0.2, 0) is 0 Å². The zero-order valence-corrected chi connectivity index (χ0v) is 11.1. The van der Waals surface area contributed by atoms with Crippen LogP contribution in [0.3, 0.4) is 0 Å². The molecule has 1 aromatic heterocycles. The van der Waals surface area contributed by atoms with Crippen molar-refractivity contribution in [3.8, 4) is 28.5 Å². The van der Waals surface area contributed by atoms with Gasteiger partial charge in [0.2, 0.25) is 11.6 Å². The van der Waals surface area contributed by atoms with Crippen molar-refractivity contribution in [1.82, 2.24) is 5.16 Å². The SMILES string of the molecule is CCOc1c(-c2cc(N)on2)ccc(OC)c1OC. The number of nitrogen functional groups attached to an aromatic ring is 1. The monoisotopic (exact) mass is 264 g/mol. The molecule has 102 valence electrons. The van der Waals surface area contributed by atoms with Crippen molar-refractivity contribution >= 4 is 5.88 Å². The van der Waals surface area contributed by atoms with Crippen molar-refractivity contribution < 1.29 is 18.7 Å². The van der Waals surface area contributed by atoms with Crippen LogP contribution in [0.25, 0.3) is 11.3 Å². The van der Waals surface area contributed by atoms with Gasteiger partial charge in [-0.3, -0.25) is 0 Å². The second-order valence-corrected chi connectivity index (χ2v) is 3.73. The van der Waals surface area contributed by atoms with E-state index in [9.17, 15) is 0 Å². The first-order valence-electron chi connectivity index (χ1n) is 5.81. The number of hydrogen-bond acceptors (Lipinski definition) is 6. The molecule has 0 aliphatic heterocycles. The molecule has 1 heterocycles. The highest BCUT2D eigenvalue weighted by Crippen LogP contribution is 2.44. The minimum Gasteiger partial charge on any atom is -0.493 e. The van der Waals surface area contributed by atoms with E-state index < -0.39 is 0 Å². The van der Waals surface area contributed by atoms with Gasteiger partial charge in [-0.15, -0.1) is 0 Å². The number of nitrogens with two attached hydrogens (primary N) is 1. The molecule has 0 aliphatic rings. The van der Waals surface area contributed by atoms with Gasteiger partial charge in [0.05, 0.1) is 26.4 Å². The van der Waals surface area contributed by atoms with Gasteiger partial charge >= 0.3 is 0 Å². The van der Waals surface area contributed by atoms with Crippen molar-refractivity contribution in [3.63, 3.8) is 0 Å².